The van der Waals surface area contributed by atoms with Gasteiger partial charge in [0, 0.05) is 32.7 Å². The number of benzene rings is 1. The van der Waals surface area contributed by atoms with Gasteiger partial charge >= 0.3 is 0 Å². The van der Waals surface area contributed by atoms with Gasteiger partial charge in [-0.15, -0.1) is 0 Å². The zero-order valence-corrected chi connectivity index (χ0v) is 16.6. The van der Waals surface area contributed by atoms with Gasteiger partial charge in [-0.25, -0.2) is 4.98 Å². The van der Waals surface area contributed by atoms with E-state index in [4.69, 9.17) is 4.74 Å². The average Bonchev–Trinajstić information content (AvgIpc) is 3.33. The molecule has 1 amide bonds. The van der Waals surface area contributed by atoms with Crippen molar-refractivity contribution in [3.05, 3.63) is 54.0 Å². The van der Waals surface area contributed by atoms with Crippen molar-refractivity contribution in [1.29, 1.82) is 0 Å². The molecule has 5 rings (SSSR count). The van der Waals surface area contributed by atoms with Crippen molar-refractivity contribution in [2.75, 3.05) is 50.8 Å². The number of rotatable bonds is 3. The first-order valence-electron chi connectivity index (χ1n) is 10.5. The number of hydrogen-bond donors (Lipinski definition) is 0. The number of hydrogen-bond acceptors (Lipinski definition) is 6. The second-order valence-electron chi connectivity index (χ2n) is 8.06. The fraction of sp³-hybridized carbons (Fsp3) is 0.500. The van der Waals surface area contributed by atoms with Crippen LogP contribution in [0.3, 0.4) is 0 Å². The summed E-state index contributed by atoms with van der Waals surface area (Å²) in [5.41, 5.74) is 1.76. The lowest BCUT2D eigenvalue weighted by Gasteiger charge is -2.48. The molecule has 7 heteroatoms. The van der Waals surface area contributed by atoms with Crippen molar-refractivity contribution >= 4 is 11.7 Å². The first-order chi connectivity index (χ1) is 14.3. The van der Waals surface area contributed by atoms with Crippen LogP contribution in [0.5, 0.6) is 0 Å². The van der Waals surface area contributed by atoms with Gasteiger partial charge in [0.05, 0.1) is 37.7 Å². The molecule has 3 fully saturated rings. The lowest BCUT2D eigenvalue weighted by atomic mass is 10.0. The van der Waals surface area contributed by atoms with Crippen LogP contribution in [0.2, 0.25) is 0 Å². The van der Waals surface area contributed by atoms with E-state index in [2.05, 4.69) is 50.1 Å². The van der Waals surface area contributed by atoms with Gasteiger partial charge in [-0.05, 0) is 18.4 Å². The summed E-state index contributed by atoms with van der Waals surface area (Å²) < 4.78 is 5.95. The summed E-state index contributed by atoms with van der Waals surface area (Å²) in [6.07, 6.45) is 5.51. The number of carbonyl (C=O) groups excluding carboxylic acids is 1. The zero-order chi connectivity index (χ0) is 19.6. The van der Waals surface area contributed by atoms with Crippen LogP contribution in [0, 0.1) is 0 Å². The molecule has 0 unspecified atom stereocenters. The standard InChI is InChI=1S/C22H27N5O2/c28-22(25-8-4-5-9-25)19-12-23-13-21(24-19)26-10-11-27-18(14-26)15-29-16-20(27)17-6-2-1-3-7-17/h1-3,6-7,12-13,18,20H,4-5,8-11,14-16H2/t18-,20-/m1/s1. The van der Waals surface area contributed by atoms with Gasteiger partial charge in [0.2, 0.25) is 0 Å². The smallest absolute Gasteiger partial charge is 0.274 e. The topological polar surface area (TPSA) is 61.8 Å². The van der Waals surface area contributed by atoms with E-state index in [9.17, 15) is 4.79 Å². The van der Waals surface area contributed by atoms with Crippen molar-refractivity contribution in [2.24, 2.45) is 0 Å². The highest BCUT2D eigenvalue weighted by Crippen LogP contribution is 2.30. The summed E-state index contributed by atoms with van der Waals surface area (Å²) in [5.74, 6) is 0.789. The number of aromatic nitrogens is 2. The molecule has 1 aromatic carbocycles. The maximum absolute atomic E-state index is 12.7. The number of likely N-dealkylation sites (tertiary alicyclic amines) is 1. The fourth-order valence-electron chi connectivity index (χ4n) is 4.70. The van der Waals surface area contributed by atoms with Crippen LogP contribution in [0.4, 0.5) is 5.82 Å². The highest BCUT2D eigenvalue weighted by molar-refractivity contribution is 5.92. The molecular formula is C22H27N5O2. The Morgan fingerprint density at radius 1 is 1.00 bits per heavy atom. The molecule has 3 aliphatic rings. The molecular weight excluding hydrogens is 366 g/mol. The molecule has 7 nitrogen and oxygen atoms in total. The Morgan fingerprint density at radius 2 is 1.83 bits per heavy atom. The fourth-order valence-corrected chi connectivity index (χ4v) is 4.70. The minimum Gasteiger partial charge on any atom is -0.378 e. The van der Waals surface area contributed by atoms with E-state index in [-0.39, 0.29) is 5.91 Å². The number of anilines is 1. The van der Waals surface area contributed by atoms with Crippen LogP contribution in [0.1, 0.15) is 34.9 Å². The lowest BCUT2D eigenvalue weighted by Crippen LogP contribution is -2.59. The molecule has 0 radical (unpaired) electrons. The summed E-state index contributed by atoms with van der Waals surface area (Å²) in [5, 5.41) is 0. The van der Waals surface area contributed by atoms with Gasteiger partial charge in [0.1, 0.15) is 11.5 Å². The Labute approximate surface area is 171 Å². The van der Waals surface area contributed by atoms with E-state index in [0.29, 0.717) is 17.8 Å². The van der Waals surface area contributed by atoms with Crippen LogP contribution in [-0.2, 0) is 4.74 Å². The molecule has 3 aliphatic heterocycles. The number of ether oxygens (including phenoxy) is 1. The summed E-state index contributed by atoms with van der Waals surface area (Å²) in [4.78, 5) is 28.4. The molecule has 152 valence electrons. The molecule has 0 aliphatic carbocycles. The van der Waals surface area contributed by atoms with Crippen LogP contribution in [0.15, 0.2) is 42.7 Å². The number of amides is 1. The van der Waals surface area contributed by atoms with Gasteiger partial charge in [0.15, 0.2) is 0 Å². The summed E-state index contributed by atoms with van der Waals surface area (Å²) in [6, 6.07) is 11.2. The normalized spacial score (nSPS) is 25.1. The SMILES string of the molecule is O=C(c1cncc(N2CCN3[C@@H](COC[C@@H]3c3ccccc3)C2)n1)N1CCCC1. The van der Waals surface area contributed by atoms with Gasteiger partial charge in [-0.1, -0.05) is 30.3 Å². The Morgan fingerprint density at radius 3 is 2.66 bits per heavy atom. The molecule has 29 heavy (non-hydrogen) atoms. The number of nitrogens with zero attached hydrogens (tertiary/aromatic N) is 5. The van der Waals surface area contributed by atoms with E-state index in [1.165, 1.54) is 5.56 Å². The minimum atomic E-state index is 0.000581. The highest BCUT2D eigenvalue weighted by Gasteiger charge is 2.37. The average molecular weight is 393 g/mol. The molecule has 0 saturated carbocycles. The summed E-state index contributed by atoms with van der Waals surface area (Å²) in [7, 11) is 0. The largest absolute Gasteiger partial charge is 0.378 e. The third-order valence-electron chi connectivity index (χ3n) is 6.26. The van der Waals surface area contributed by atoms with Crippen molar-refractivity contribution in [3.63, 3.8) is 0 Å². The second-order valence-corrected chi connectivity index (χ2v) is 8.06. The van der Waals surface area contributed by atoms with Gasteiger partial charge in [0.25, 0.3) is 5.91 Å². The summed E-state index contributed by atoms with van der Waals surface area (Å²) in [6.45, 7) is 5.75. The molecule has 0 N–H and O–H groups in total. The lowest BCUT2D eigenvalue weighted by molar-refractivity contribution is -0.0548. The van der Waals surface area contributed by atoms with E-state index in [1.807, 2.05) is 4.90 Å². The minimum absolute atomic E-state index is 0.000581. The van der Waals surface area contributed by atoms with Crippen LogP contribution in [0.25, 0.3) is 0 Å². The zero-order valence-electron chi connectivity index (χ0n) is 16.6. The first-order valence-corrected chi connectivity index (χ1v) is 10.5. The first kappa shape index (κ1) is 18.5. The maximum Gasteiger partial charge on any atom is 0.274 e. The third-order valence-corrected chi connectivity index (χ3v) is 6.26. The van der Waals surface area contributed by atoms with E-state index < -0.39 is 0 Å². The number of fused-ring (bicyclic) bond motifs is 1. The van der Waals surface area contributed by atoms with Gasteiger partial charge in [-0.3, -0.25) is 14.7 Å². The van der Waals surface area contributed by atoms with Crippen molar-refractivity contribution in [1.82, 2.24) is 19.8 Å². The number of carbonyl (C=O) groups is 1. The Kier molecular flexibility index (Phi) is 5.16. The number of piperazine rings is 1. The monoisotopic (exact) mass is 393 g/mol. The van der Waals surface area contributed by atoms with Crippen LogP contribution < -0.4 is 4.90 Å². The van der Waals surface area contributed by atoms with Crippen molar-refractivity contribution in [3.8, 4) is 0 Å². The predicted octanol–water partition coefficient (Wildman–Crippen LogP) is 1.97. The van der Waals surface area contributed by atoms with Crippen LogP contribution >= 0.6 is 0 Å². The number of morpholine rings is 1. The molecule has 3 saturated heterocycles. The molecule has 2 atom stereocenters. The maximum atomic E-state index is 12.7. The molecule has 1 aromatic heterocycles. The van der Waals surface area contributed by atoms with E-state index in [1.54, 1.807) is 12.4 Å². The van der Waals surface area contributed by atoms with Gasteiger partial charge in [-0.2, -0.15) is 0 Å². The second kappa shape index (κ2) is 8.08. The Balaban J connectivity index is 1.31. The van der Waals surface area contributed by atoms with E-state index in [0.717, 1.165) is 64.6 Å². The predicted molar refractivity (Wildman–Crippen MR) is 110 cm³/mol. The van der Waals surface area contributed by atoms with Crippen LogP contribution in [-0.4, -0.2) is 77.7 Å². The molecule has 2 aromatic rings. The Hall–Kier alpha value is -2.51. The van der Waals surface area contributed by atoms with Crippen molar-refractivity contribution in [2.45, 2.75) is 24.9 Å². The molecule has 0 spiro atoms. The molecule has 0 bridgehead atoms. The highest BCUT2D eigenvalue weighted by atomic mass is 16.5. The molecule has 4 heterocycles. The van der Waals surface area contributed by atoms with E-state index >= 15 is 0 Å². The third kappa shape index (κ3) is 3.72. The van der Waals surface area contributed by atoms with Gasteiger partial charge < -0.3 is 14.5 Å². The summed E-state index contributed by atoms with van der Waals surface area (Å²) >= 11 is 0. The quantitative estimate of drug-likeness (QED) is 0.795. The Bertz CT molecular complexity index is 855. The van der Waals surface area contributed by atoms with Crippen molar-refractivity contribution < 1.29 is 9.53 Å².